The van der Waals surface area contributed by atoms with Crippen molar-refractivity contribution in [2.45, 2.75) is 57.9 Å². The maximum atomic E-state index is 7.98. The molecule has 13 heavy (non-hydrogen) atoms. The molecule has 0 aliphatic heterocycles. The molecule has 0 aromatic rings. The first-order chi connectivity index (χ1) is 6.34. The molecule has 1 saturated carbocycles. The number of allylic oxidation sites excluding steroid dienone is 1. The molecule has 1 fully saturated rings. The second-order valence-electron chi connectivity index (χ2n) is 4.11. The van der Waals surface area contributed by atoms with Crippen LogP contribution >= 0.6 is 0 Å². The molecule has 1 N–H and O–H groups in total. The summed E-state index contributed by atoms with van der Waals surface area (Å²) in [7, 11) is 0. The number of nitrogens with one attached hydrogen (secondary N) is 1. The van der Waals surface area contributed by atoms with E-state index in [-0.39, 0.29) is 6.04 Å². The third-order valence-corrected chi connectivity index (χ3v) is 2.99. The van der Waals surface area contributed by atoms with Gasteiger partial charge in [-0.05, 0) is 25.2 Å². The molecule has 1 radical (unpaired) electrons. The lowest BCUT2D eigenvalue weighted by molar-refractivity contribution is 0.410. The first kappa shape index (κ1) is 10.8. The maximum Gasteiger partial charge on any atom is 0.0421 e. The summed E-state index contributed by atoms with van der Waals surface area (Å²) in [6.07, 6.45) is 13.3. The molecule has 1 rings (SSSR count). The highest BCUT2D eigenvalue weighted by Gasteiger charge is 2.17. The Labute approximate surface area is 82.4 Å². The third-order valence-electron chi connectivity index (χ3n) is 2.99. The van der Waals surface area contributed by atoms with Crippen molar-refractivity contribution in [1.29, 1.82) is 0 Å². The summed E-state index contributed by atoms with van der Waals surface area (Å²) in [5.41, 5.74) is 7.98. The normalized spacial score (nSPS) is 23.2. The minimum absolute atomic E-state index is 0.0676. The van der Waals surface area contributed by atoms with E-state index in [4.69, 9.17) is 5.73 Å². The van der Waals surface area contributed by atoms with E-state index in [1.165, 1.54) is 38.5 Å². The van der Waals surface area contributed by atoms with E-state index in [0.717, 1.165) is 6.42 Å². The SMILES string of the molecule is CCC=CC([NH])C1CCCCCC1. The monoisotopic (exact) mass is 180 g/mol. The molecule has 0 spiro atoms. The summed E-state index contributed by atoms with van der Waals surface area (Å²) in [5, 5.41) is 0. The standard InChI is InChI=1S/C12H22N/c1-2-3-10-12(13)11-8-6-4-5-7-9-11/h3,10-13H,2,4-9H2,1H3. The van der Waals surface area contributed by atoms with Gasteiger partial charge in [-0.15, -0.1) is 0 Å². The third kappa shape index (κ3) is 3.95. The Kier molecular flexibility index (Phi) is 5.14. The molecule has 0 amide bonds. The van der Waals surface area contributed by atoms with Gasteiger partial charge in [0.05, 0.1) is 0 Å². The summed E-state index contributed by atoms with van der Waals surface area (Å²) >= 11 is 0. The van der Waals surface area contributed by atoms with Gasteiger partial charge >= 0.3 is 0 Å². The average molecular weight is 180 g/mol. The van der Waals surface area contributed by atoms with E-state index in [2.05, 4.69) is 19.1 Å². The second kappa shape index (κ2) is 6.20. The van der Waals surface area contributed by atoms with Crippen LogP contribution in [0, 0.1) is 5.92 Å². The molecule has 1 heteroatoms. The fourth-order valence-electron chi connectivity index (χ4n) is 2.11. The lowest BCUT2D eigenvalue weighted by atomic mass is 9.92. The molecule has 0 heterocycles. The van der Waals surface area contributed by atoms with Crippen LogP contribution in [0.3, 0.4) is 0 Å². The number of rotatable bonds is 3. The second-order valence-corrected chi connectivity index (χ2v) is 4.11. The lowest BCUT2D eigenvalue weighted by Gasteiger charge is -2.17. The van der Waals surface area contributed by atoms with Gasteiger partial charge in [0.1, 0.15) is 0 Å². The van der Waals surface area contributed by atoms with Gasteiger partial charge < -0.3 is 0 Å². The van der Waals surface area contributed by atoms with Crippen molar-refractivity contribution in [3.63, 3.8) is 0 Å². The van der Waals surface area contributed by atoms with Crippen molar-refractivity contribution in [3.8, 4) is 0 Å². The quantitative estimate of drug-likeness (QED) is 0.468. The molecular weight excluding hydrogens is 158 g/mol. The van der Waals surface area contributed by atoms with Crippen LogP contribution in [0.1, 0.15) is 51.9 Å². The van der Waals surface area contributed by atoms with Gasteiger partial charge in [0.25, 0.3) is 0 Å². The predicted molar refractivity (Wildman–Crippen MR) is 57.5 cm³/mol. The smallest absolute Gasteiger partial charge is 0.0421 e. The highest BCUT2D eigenvalue weighted by molar-refractivity contribution is 4.94. The largest absolute Gasteiger partial charge is 0.250 e. The fraction of sp³-hybridized carbons (Fsp3) is 0.833. The van der Waals surface area contributed by atoms with Crippen LogP contribution in [-0.2, 0) is 0 Å². The molecule has 75 valence electrons. The van der Waals surface area contributed by atoms with Crippen LogP contribution in [0.15, 0.2) is 12.2 Å². The molecule has 1 aliphatic rings. The molecule has 1 aliphatic carbocycles. The first-order valence-corrected chi connectivity index (χ1v) is 5.72. The minimum Gasteiger partial charge on any atom is -0.250 e. The van der Waals surface area contributed by atoms with Gasteiger partial charge in [0.15, 0.2) is 0 Å². The van der Waals surface area contributed by atoms with E-state index in [0.29, 0.717) is 5.92 Å². The Morgan fingerprint density at radius 2 is 1.85 bits per heavy atom. The van der Waals surface area contributed by atoms with E-state index in [1.54, 1.807) is 0 Å². The van der Waals surface area contributed by atoms with Crippen LogP contribution in [0.5, 0.6) is 0 Å². The topological polar surface area (TPSA) is 23.8 Å². The zero-order chi connectivity index (χ0) is 9.52. The first-order valence-electron chi connectivity index (χ1n) is 5.72. The lowest BCUT2D eigenvalue weighted by Crippen LogP contribution is -2.19. The Hall–Kier alpha value is -0.300. The highest BCUT2D eigenvalue weighted by atomic mass is 14.6. The zero-order valence-electron chi connectivity index (χ0n) is 8.76. The van der Waals surface area contributed by atoms with E-state index >= 15 is 0 Å². The van der Waals surface area contributed by atoms with Crippen molar-refractivity contribution in [2.24, 2.45) is 5.92 Å². The highest BCUT2D eigenvalue weighted by Crippen LogP contribution is 2.25. The summed E-state index contributed by atoms with van der Waals surface area (Å²) in [6, 6.07) is 0.0676. The van der Waals surface area contributed by atoms with Gasteiger partial charge in [0, 0.05) is 6.04 Å². The average Bonchev–Trinajstić information content (AvgIpc) is 2.42. The molecular formula is C12H22N. The van der Waals surface area contributed by atoms with Crippen molar-refractivity contribution < 1.29 is 0 Å². The van der Waals surface area contributed by atoms with E-state index in [1.807, 2.05) is 0 Å². The van der Waals surface area contributed by atoms with Crippen molar-refractivity contribution in [3.05, 3.63) is 12.2 Å². The maximum absolute atomic E-state index is 7.98. The van der Waals surface area contributed by atoms with Gasteiger partial charge in [-0.25, -0.2) is 0 Å². The van der Waals surface area contributed by atoms with E-state index in [9.17, 15) is 0 Å². The summed E-state index contributed by atoms with van der Waals surface area (Å²) in [4.78, 5) is 0. The Morgan fingerprint density at radius 1 is 1.23 bits per heavy atom. The molecule has 1 nitrogen and oxygen atoms in total. The number of hydrogen-bond donors (Lipinski definition) is 0. The molecule has 0 aromatic heterocycles. The van der Waals surface area contributed by atoms with Gasteiger partial charge in [-0.1, -0.05) is 44.8 Å². The summed E-state index contributed by atoms with van der Waals surface area (Å²) in [5.74, 6) is 0.644. The van der Waals surface area contributed by atoms with Crippen molar-refractivity contribution >= 4 is 0 Å². The molecule has 0 bridgehead atoms. The van der Waals surface area contributed by atoms with Crippen LogP contribution in [0.2, 0.25) is 0 Å². The van der Waals surface area contributed by atoms with Gasteiger partial charge in [0.2, 0.25) is 0 Å². The Balaban J connectivity index is 2.34. The molecule has 1 unspecified atom stereocenters. The van der Waals surface area contributed by atoms with Gasteiger partial charge in [-0.2, -0.15) is 0 Å². The van der Waals surface area contributed by atoms with Crippen LogP contribution in [0.4, 0.5) is 0 Å². The zero-order valence-corrected chi connectivity index (χ0v) is 8.76. The Morgan fingerprint density at radius 3 is 2.38 bits per heavy atom. The Bertz CT molecular complexity index is 143. The van der Waals surface area contributed by atoms with Crippen LogP contribution < -0.4 is 5.73 Å². The summed E-state index contributed by atoms with van der Waals surface area (Å²) < 4.78 is 0. The van der Waals surface area contributed by atoms with Crippen molar-refractivity contribution in [2.75, 3.05) is 0 Å². The number of hydrogen-bond acceptors (Lipinski definition) is 0. The fourth-order valence-corrected chi connectivity index (χ4v) is 2.11. The van der Waals surface area contributed by atoms with Crippen LogP contribution in [-0.4, -0.2) is 6.04 Å². The van der Waals surface area contributed by atoms with Gasteiger partial charge in [-0.3, -0.25) is 5.73 Å². The predicted octanol–water partition coefficient (Wildman–Crippen LogP) is 3.57. The summed E-state index contributed by atoms with van der Waals surface area (Å²) in [6.45, 7) is 2.14. The molecule has 0 aromatic carbocycles. The van der Waals surface area contributed by atoms with Crippen LogP contribution in [0.25, 0.3) is 0 Å². The molecule has 0 saturated heterocycles. The minimum atomic E-state index is 0.0676. The molecule has 1 atom stereocenters. The van der Waals surface area contributed by atoms with E-state index < -0.39 is 0 Å². The van der Waals surface area contributed by atoms with Crippen molar-refractivity contribution in [1.82, 2.24) is 5.73 Å².